The highest BCUT2D eigenvalue weighted by Gasteiger charge is 2.45. The SMILES string of the molecule is COC(=O)[C@H](CC(C)C)NC(=O)C1=CC[C@@H](c2ccc(Cl)cc2)N(S(=O)(=O)c2ccccc2C)[C@H]1c1cccc(Cl)c1. The number of aryl methyl sites for hydroxylation is 1. The fourth-order valence-electron chi connectivity index (χ4n) is 5.29. The Hall–Kier alpha value is -3.17. The Morgan fingerprint density at radius 1 is 0.976 bits per heavy atom. The van der Waals surface area contributed by atoms with Crippen LogP contribution in [0.1, 0.15) is 55.5 Å². The summed E-state index contributed by atoms with van der Waals surface area (Å²) in [6.07, 6.45) is 2.31. The maximum absolute atomic E-state index is 14.7. The molecule has 3 aromatic rings. The zero-order chi connectivity index (χ0) is 30.6. The molecule has 3 aromatic carbocycles. The zero-order valence-corrected chi connectivity index (χ0v) is 26.2. The highest BCUT2D eigenvalue weighted by atomic mass is 35.5. The van der Waals surface area contributed by atoms with E-state index in [9.17, 15) is 18.0 Å². The molecule has 0 fully saturated rings. The second-order valence-corrected chi connectivity index (χ2v) is 13.4. The smallest absolute Gasteiger partial charge is 0.328 e. The first kappa shape index (κ1) is 31.8. The number of carbonyl (C=O) groups excluding carboxylic acids is 2. The minimum atomic E-state index is -4.20. The van der Waals surface area contributed by atoms with Crippen LogP contribution in [0.15, 0.2) is 89.3 Å². The van der Waals surface area contributed by atoms with E-state index >= 15 is 0 Å². The highest BCUT2D eigenvalue weighted by molar-refractivity contribution is 7.89. The number of nitrogens with one attached hydrogen (secondary N) is 1. The monoisotopic (exact) mass is 628 g/mol. The van der Waals surface area contributed by atoms with Crippen molar-refractivity contribution in [2.45, 2.75) is 56.6 Å². The summed E-state index contributed by atoms with van der Waals surface area (Å²) in [5, 5.41) is 3.72. The molecule has 10 heteroatoms. The van der Waals surface area contributed by atoms with Crippen LogP contribution in [0.3, 0.4) is 0 Å². The lowest BCUT2D eigenvalue weighted by molar-refractivity contribution is -0.145. The van der Waals surface area contributed by atoms with Gasteiger partial charge in [0.2, 0.25) is 15.9 Å². The van der Waals surface area contributed by atoms with Crippen LogP contribution in [0.4, 0.5) is 0 Å². The molecular formula is C32H34Cl2N2O5S. The fourth-order valence-corrected chi connectivity index (χ4v) is 7.63. The van der Waals surface area contributed by atoms with Crippen molar-refractivity contribution in [3.05, 3.63) is 111 Å². The van der Waals surface area contributed by atoms with E-state index in [1.165, 1.54) is 11.4 Å². The summed E-state index contributed by atoms with van der Waals surface area (Å²) < 4.78 is 35.6. The number of carbonyl (C=O) groups is 2. The van der Waals surface area contributed by atoms with Crippen molar-refractivity contribution in [2.24, 2.45) is 5.92 Å². The minimum Gasteiger partial charge on any atom is -0.467 e. The van der Waals surface area contributed by atoms with Crippen molar-refractivity contribution in [3.8, 4) is 0 Å². The molecule has 222 valence electrons. The van der Waals surface area contributed by atoms with Crippen molar-refractivity contribution < 1.29 is 22.7 Å². The molecule has 0 aliphatic carbocycles. The number of nitrogens with zero attached hydrogens (tertiary/aromatic N) is 1. The standard InChI is InChI=1S/C32H34Cl2N2O5S/c1-20(2)18-27(32(38)41-4)35-31(37)26-16-17-28(22-12-14-24(33)15-13-22)36(30(26)23-9-7-10-25(34)19-23)42(39,40)29-11-6-5-8-21(29)3/h5-16,19-20,27-28,30H,17-18H2,1-4H3,(H,35,37)/t27-,28-,30-/m0/s1. The first-order valence-corrected chi connectivity index (χ1v) is 15.8. The maximum atomic E-state index is 14.7. The molecule has 4 rings (SSSR count). The molecule has 0 aromatic heterocycles. The molecule has 0 radical (unpaired) electrons. The van der Waals surface area contributed by atoms with Crippen LogP contribution in [-0.4, -0.2) is 37.8 Å². The van der Waals surface area contributed by atoms with Crippen LogP contribution in [0.25, 0.3) is 0 Å². The highest BCUT2D eigenvalue weighted by Crippen LogP contribution is 2.46. The number of amides is 1. The van der Waals surface area contributed by atoms with Gasteiger partial charge in [0, 0.05) is 15.6 Å². The summed E-state index contributed by atoms with van der Waals surface area (Å²) in [5.41, 5.74) is 1.99. The summed E-state index contributed by atoms with van der Waals surface area (Å²) in [4.78, 5) is 26.7. The van der Waals surface area contributed by atoms with Gasteiger partial charge >= 0.3 is 5.97 Å². The third kappa shape index (κ3) is 6.89. The Morgan fingerprint density at radius 3 is 2.29 bits per heavy atom. The van der Waals surface area contributed by atoms with E-state index in [-0.39, 0.29) is 22.8 Å². The van der Waals surface area contributed by atoms with Crippen LogP contribution in [-0.2, 0) is 24.3 Å². The molecule has 42 heavy (non-hydrogen) atoms. The van der Waals surface area contributed by atoms with Gasteiger partial charge in [0.25, 0.3) is 0 Å². The number of methoxy groups -OCH3 is 1. The van der Waals surface area contributed by atoms with Gasteiger partial charge in [0.05, 0.1) is 24.1 Å². The molecule has 1 heterocycles. The van der Waals surface area contributed by atoms with Crippen molar-refractivity contribution in [3.63, 3.8) is 0 Å². The molecule has 1 aliphatic heterocycles. The first-order chi connectivity index (χ1) is 19.9. The fraction of sp³-hybridized carbons (Fsp3) is 0.312. The number of sulfonamides is 1. The number of esters is 1. The number of hydrogen-bond donors (Lipinski definition) is 1. The Morgan fingerprint density at radius 2 is 1.67 bits per heavy atom. The summed E-state index contributed by atoms with van der Waals surface area (Å²) in [6, 6.07) is 17.9. The predicted octanol–water partition coefficient (Wildman–Crippen LogP) is 6.81. The van der Waals surface area contributed by atoms with Crippen molar-refractivity contribution >= 4 is 45.1 Å². The van der Waals surface area contributed by atoms with E-state index in [2.05, 4.69) is 5.32 Å². The predicted molar refractivity (Wildman–Crippen MR) is 165 cm³/mol. The number of benzene rings is 3. The van der Waals surface area contributed by atoms with Gasteiger partial charge in [-0.2, -0.15) is 4.31 Å². The molecule has 0 saturated carbocycles. The van der Waals surface area contributed by atoms with Gasteiger partial charge in [0.15, 0.2) is 0 Å². The molecule has 1 N–H and O–H groups in total. The Labute approximate surface area is 257 Å². The number of ether oxygens (including phenoxy) is 1. The van der Waals surface area contributed by atoms with E-state index in [4.69, 9.17) is 27.9 Å². The van der Waals surface area contributed by atoms with Gasteiger partial charge in [-0.25, -0.2) is 13.2 Å². The normalized spacial score (nSPS) is 18.3. The summed E-state index contributed by atoms with van der Waals surface area (Å²) >= 11 is 12.6. The summed E-state index contributed by atoms with van der Waals surface area (Å²) in [5.74, 6) is -1.04. The third-order valence-electron chi connectivity index (χ3n) is 7.25. The van der Waals surface area contributed by atoms with E-state index in [0.29, 0.717) is 33.2 Å². The topological polar surface area (TPSA) is 92.8 Å². The average molecular weight is 630 g/mol. The van der Waals surface area contributed by atoms with Crippen molar-refractivity contribution in [1.29, 1.82) is 0 Å². The molecule has 3 atom stereocenters. The molecule has 0 saturated heterocycles. The van der Waals surface area contributed by atoms with E-state index in [1.807, 2.05) is 13.8 Å². The summed E-state index contributed by atoms with van der Waals surface area (Å²) in [6.45, 7) is 5.60. The average Bonchev–Trinajstić information content (AvgIpc) is 2.96. The molecule has 1 amide bonds. The lowest BCUT2D eigenvalue weighted by atomic mass is 9.88. The largest absolute Gasteiger partial charge is 0.467 e. The van der Waals surface area contributed by atoms with E-state index < -0.39 is 40.0 Å². The van der Waals surface area contributed by atoms with Crippen LogP contribution in [0, 0.1) is 12.8 Å². The quantitative estimate of drug-likeness (QED) is 0.263. The van der Waals surface area contributed by atoms with Crippen LogP contribution in [0.2, 0.25) is 10.0 Å². The number of rotatable bonds is 9. The lowest BCUT2D eigenvalue weighted by Crippen LogP contribution is -2.48. The Balaban J connectivity index is 1.93. The second-order valence-electron chi connectivity index (χ2n) is 10.7. The van der Waals surface area contributed by atoms with Crippen LogP contribution >= 0.6 is 23.2 Å². The van der Waals surface area contributed by atoms with Crippen molar-refractivity contribution in [2.75, 3.05) is 7.11 Å². The Bertz CT molecular complexity index is 1590. The molecule has 1 aliphatic rings. The second kappa shape index (κ2) is 13.4. The lowest BCUT2D eigenvalue weighted by Gasteiger charge is -2.41. The molecule has 7 nitrogen and oxygen atoms in total. The summed E-state index contributed by atoms with van der Waals surface area (Å²) in [7, 11) is -2.93. The number of hydrogen-bond acceptors (Lipinski definition) is 5. The van der Waals surface area contributed by atoms with E-state index in [1.54, 1.807) is 85.8 Å². The molecule has 0 spiro atoms. The van der Waals surface area contributed by atoms with Gasteiger partial charge in [-0.1, -0.05) is 85.6 Å². The van der Waals surface area contributed by atoms with Gasteiger partial charge < -0.3 is 10.1 Å². The Kier molecular flexibility index (Phi) is 10.1. The van der Waals surface area contributed by atoms with E-state index in [0.717, 1.165) is 0 Å². The minimum absolute atomic E-state index is 0.0886. The number of halogens is 2. The third-order valence-corrected chi connectivity index (χ3v) is 9.77. The van der Waals surface area contributed by atoms with Crippen LogP contribution < -0.4 is 5.32 Å². The van der Waals surface area contributed by atoms with Gasteiger partial charge in [0.1, 0.15) is 6.04 Å². The van der Waals surface area contributed by atoms with Crippen molar-refractivity contribution in [1.82, 2.24) is 9.62 Å². The van der Waals surface area contributed by atoms with Crippen LogP contribution in [0.5, 0.6) is 0 Å². The van der Waals surface area contributed by atoms with Gasteiger partial charge in [-0.15, -0.1) is 0 Å². The maximum Gasteiger partial charge on any atom is 0.328 e. The molecule has 0 unspecified atom stereocenters. The first-order valence-electron chi connectivity index (χ1n) is 13.6. The zero-order valence-electron chi connectivity index (χ0n) is 23.9. The molecular weight excluding hydrogens is 595 g/mol. The van der Waals surface area contributed by atoms with Gasteiger partial charge in [-0.3, -0.25) is 4.79 Å². The molecule has 0 bridgehead atoms. The van der Waals surface area contributed by atoms with Gasteiger partial charge in [-0.05, 0) is 72.7 Å².